The van der Waals surface area contributed by atoms with Crippen molar-refractivity contribution in [3.63, 3.8) is 0 Å². The summed E-state index contributed by atoms with van der Waals surface area (Å²) in [6.07, 6.45) is 0. The van der Waals surface area contributed by atoms with Crippen molar-refractivity contribution in [1.29, 1.82) is 0 Å². The van der Waals surface area contributed by atoms with Crippen LogP contribution >= 0.6 is 0 Å². The molecule has 0 saturated carbocycles. The van der Waals surface area contributed by atoms with Crippen molar-refractivity contribution in [3.05, 3.63) is 0 Å². The normalized spacial score (nSPS) is 10.7. The molecule has 0 atom stereocenters. The van der Waals surface area contributed by atoms with Crippen molar-refractivity contribution in [2.75, 3.05) is 0 Å². The first kappa shape index (κ1) is 11.8. The van der Waals surface area contributed by atoms with Gasteiger partial charge < -0.3 is 24.0 Å². The molecule has 16 valence electrons. The molecule has 0 bridgehead atoms. The van der Waals surface area contributed by atoms with Crippen molar-refractivity contribution < 1.29 is 23.7 Å². The van der Waals surface area contributed by atoms with E-state index in [0.29, 0.717) is 0 Å². The minimum absolute atomic E-state index is 0. The zero-order valence-electron chi connectivity index (χ0n) is 4.83. The second-order valence-electron chi connectivity index (χ2n) is 2.68. The zero-order chi connectivity index (χ0) is 4.50. The maximum absolute atomic E-state index is 2.12. The van der Waals surface area contributed by atoms with Crippen molar-refractivity contribution in [2.24, 2.45) is 0 Å². The zero-order valence-corrected chi connectivity index (χ0v) is 6.98. The Bertz CT molecular complexity index is 23.0. The van der Waals surface area contributed by atoms with Crippen LogP contribution in [0.25, 0.3) is 0 Å². The van der Waals surface area contributed by atoms with E-state index in [4.69, 9.17) is 0 Å². The molecule has 6 heteroatoms. The SMILES string of the molecule is [I-].[Li][N+]([Li])([Li])[Li]. The summed E-state index contributed by atoms with van der Waals surface area (Å²) >= 11 is 8.50. The summed E-state index contributed by atoms with van der Waals surface area (Å²) in [6, 6.07) is 0. The summed E-state index contributed by atoms with van der Waals surface area (Å²) in [5.41, 5.74) is 0. The molecule has 0 aliphatic heterocycles. The fourth-order valence-corrected chi connectivity index (χ4v) is 0. The Morgan fingerprint density at radius 1 is 0.833 bits per heavy atom. The van der Waals surface area contributed by atoms with Gasteiger partial charge in [-0.25, -0.2) is 0 Å². The maximum atomic E-state index is 2.12. The quantitative estimate of drug-likeness (QED) is 0.252. The van der Waals surface area contributed by atoms with Crippen LogP contribution in [0.15, 0.2) is 0 Å². The van der Waals surface area contributed by atoms with Gasteiger partial charge in [-0.15, -0.1) is 0 Å². The van der Waals surface area contributed by atoms with Crippen LogP contribution in [-0.4, -0.2) is 71.5 Å². The Balaban J connectivity index is 0. The number of rotatable bonds is 0. The monoisotopic (exact) mass is 169 g/mol. The summed E-state index contributed by atoms with van der Waals surface area (Å²) in [6.45, 7) is 0. The van der Waals surface area contributed by atoms with Crippen molar-refractivity contribution >= 4 is 71.8 Å². The van der Waals surface area contributed by atoms with E-state index >= 15 is 0 Å². The first-order chi connectivity index (χ1) is 2.00. The molecule has 0 spiro atoms. The molecule has 6 heavy (non-hydrogen) atoms. The third kappa shape index (κ3) is 27.6. The topological polar surface area (TPSA) is 0 Å². The first-order valence-electron chi connectivity index (χ1n) is 1.79. The van der Waals surface area contributed by atoms with Crippen LogP contribution in [0, 0.1) is 0 Å². The second kappa shape index (κ2) is 4.91. The van der Waals surface area contributed by atoms with Gasteiger partial charge in [-0.1, -0.05) is 0 Å². The standard InChI is InChI=1S/HI.4Li.N/h1H;;;;;/q;;;;;+1/p-1. The van der Waals surface area contributed by atoms with Gasteiger partial charge in [-0.05, 0) is 0 Å². The van der Waals surface area contributed by atoms with Gasteiger partial charge >= 0.3 is 71.5 Å². The fourth-order valence-electron chi connectivity index (χ4n) is 0. The van der Waals surface area contributed by atoms with Gasteiger partial charge in [0.2, 0.25) is 0 Å². The van der Waals surface area contributed by atoms with E-state index in [9.17, 15) is 0 Å². The van der Waals surface area contributed by atoms with Crippen LogP contribution in [0.3, 0.4) is 0 Å². The Hall–Kier alpha value is 3.08. The Morgan fingerprint density at radius 3 is 0.833 bits per heavy atom. The van der Waals surface area contributed by atoms with Gasteiger partial charge in [0, 0.05) is 0 Å². The molecule has 0 aliphatic rings. The molecule has 0 unspecified atom stereocenters. The molecular formula is ILi4N. The molecule has 0 aromatic rings. The molecule has 0 aliphatic carbocycles. The van der Waals surface area contributed by atoms with Crippen LogP contribution in [-0.2, 0) is 0 Å². The van der Waals surface area contributed by atoms with Gasteiger partial charge in [0.15, 0.2) is 0 Å². The van der Waals surface area contributed by atoms with E-state index in [1.54, 1.807) is 0 Å². The molecule has 0 fully saturated rings. The van der Waals surface area contributed by atoms with Crippen molar-refractivity contribution in [3.8, 4) is 0 Å². The number of hydrogen-bond acceptors (Lipinski definition) is 0. The predicted molar refractivity (Wildman–Crippen MR) is 23.3 cm³/mol. The van der Waals surface area contributed by atoms with E-state index in [1.165, 1.54) is 0 Å². The molecule has 0 N–H and O–H groups in total. The molecule has 0 heterocycles. The minimum atomic E-state index is 0. The van der Waals surface area contributed by atoms with E-state index in [0.717, 1.165) is -0.262 Å². The Morgan fingerprint density at radius 2 is 0.833 bits per heavy atom. The van der Waals surface area contributed by atoms with Crippen molar-refractivity contribution in [2.45, 2.75) is 0 Å². The van der Waals surface area contributed by atoms with E-state index < -0.39 is 0 Å². The molecule has 0 rings (SSSR count). The summed E-state index contributed by atoms with van der Waals surface area (Å²) in [5, 5.41) is 0. The van der Waals surface area contributed by atoms with Crippen LogP contribution in [0.2, 0.25) is 0 Å². The Kier molecular flexibility index (Phi) is 9.68. The van der Waals surface area contributed by atoms with Crippen LogP contribution < -0.4 is 24.0 Å². The third-order valence-electron chi connectivity index (χ3n) is 0. The number of halogens is 1. The third-order valence-corrected chi connectivity index (χ3v) is 0. The average Bonchev–Trinajstić information content (AvgIpc) is 0.722. The first-order valence-corrected chi connectivity index (χ1v) is 1.79. The Labute approximate surface area is 93.8 Å². The van der Waals surface area contributed by atoms with Gasteiger partial charge in [0.25, 0.3) is 0 Å². The molecule has 0 radical (unpaired) electrons. The number of nitrogens with zero attached hydrogens (tertiary/aromatic N) is 1. The van der Waals surface area contributed by atoms with Crippen LogP contribution in [0.5, 0.6) is 0 Å². The van der Waals surface area contributed by atoms with E-state index in [1.807, 2.05) is 0 Å². The van der Waals surface area contributed by atoms with Gasteiger partial charge in [-0.3, -0.25) is 0 Å². The predicted octanol–water partition coefficient (Wildman–Crippen LogP) is -4.86. The van der Waals surface area contributed by atoms with Crippen molar-refractivity contribution in [1.82, 2.24) is 0 Å². The molecule has 1 nitrogen and oxygen atoms in total. The average molecular weight is 169 g/mol. The molecular weight excluding hydrogens is 169 g/mol. The summed E-state index contributed by atoms with van der Waals surface area (Å²) in [4.78, 5) is 0. The summed E-state index contributed by atoms with van der Waals surface area (Å²) < 4.78 is 1.00. The van der Waals surface area contributed by atoms with Gasteiger partial charge in [-0.2, -0.15) is 0 Å². The van der Waals surface area contributed by atoms with E-state index in [2.05, 4.69) is 71.8 Å². The van der Waals surface area contributed by atoms with Crippen LogP contribution in [0.1, 0.15) is 0 Å². The fraction of sp³-hybridized carbons (Fsp3) is 0. The molecule has 0 saturated heterocycles. The number of hydrogen-bond donors (Lipinski definition) is 0. The van der Waals surface area contributed by atoms with Gasteiger partial charge in [0.1, 0.15) is 0 Å². The molecule has 0 amide bonds. The van der Waals surface area contributed by atoms with Gasteiger partial charge in [0.05, 0.1) is 0 Å². The molecule has 0 aromatic carbocycles. The summed E-state index contributed by atoms with van der Waals surface area (Å²) in [7, 11) is 0. The van der Waals surface area contributed by atoms with Crippen LogP contribution in [0.4, 0.5) is 0 Å². The number of quaternary nitrogens is 1. The van der Waals surface area contributed by atoms with E-state index in [-0.39, 0.29) is 24.0 Å². The molecule has 0 aromatic heterocycles. The second-order valence-corrected chi connectivity index (χ2v) is 2.68. The summed E-state index contributed by atoms with van der Waals surface area (Å²) in [5.74, 6) is 0.